The molecule has 10 nitrogen and oxygen atoms in total. The highest BCUT2D eigenvalue weighted by atomic mass is 32.2. The van der Waals surface area contributed by atoms with Crippen molar-refractivity contribution in [3.05, 3.63) is 71.9 Å². The predicted molar refractivity (Wildman–Crippen MR) is 166 cm³/mol. The lowest BCUT2D eigenvalue weighted by Crippen LogP contribution is -2.58. The zero-order valence-electron chi connectivity index (χ0n) is 24.3. The monoisotopic (exact) mass is 595 g/mol. The summed E-state index contributed by atoms with van der Waals surface area (Å²) >= 11 is 1.57. The van der Waals surface area contributed by atoms with Gasteiger partial charge in [-0.2, -0.15) is 11.8 Å². The second kappa shape index (κ2) is 16.0. The molecule has 42 heavy (non-hydrogen) atoms. The summed E-state index contributed by atoms with van der Waals surface area (Å²) in [6.07, 6.45) is 4.66. The molecule has 2 aromatic carbocycles. The Labute approximate surface area is 250 Å². The Kier molecular flexibility index (Phi) is 12.4. The number of hydrogen-bond acceptors (Lipinski definition) is 6. The molecule has 226 valence electrons. The molecule has 1 heterocycles. The number of amides is 3. The number of aromatic nitrogens is 1. The number of para-hydroxylation sites is 1. The summed E-state index contributed by atoms with van der Waals surface area (Å²) in [4.78, 5) is 55.3. The summed E-state index contributed by atoms with van der Waals surface area (Å²) in [5.74, 6) is -2.08. The first-order valence-electron chi connectivity index (χ1n) is 14.1. The number of aliphatic carboxylic acids is 1. The van der Waals surface area contributed by atoms with Crippen LogP contribution in [0.15, 0.2) is 60.8 Å². The number of carbonyl (C=O) groups is 4. The number of nitrogens with one attached hydrogen (secondary N) is 4. The number of rotatable bonds is 16. The fourth-order valence-corrected chi connectivity index (χ4v) is 5.17. The van der Waals surface area contributed by atoms with E-state index >= 15 is 0 Å². The minimum absolute atomic E-state index is 0.0221. The third-order valence-corrected chi connectivity index (χ3v) is 7.58. The lowest BCUT2D eigenvalue weighted by molar-refractivity contribution is -0.142. The van der Waals surface area contributed by atoms with E-state index in [4.69, 9.17) is 5.73 Å². The van der Waals surface area contributed by atoms with E-state index in [-0.39, 0.29) is 25.2 Å². The maximum Gasteiger partial charge on any atom is 0.326 e. The molecule has 0 saturated carbocycles. The van der Waals surface area contributed by atoms with Crippen LogP contribution in [-0.2, 0) is 32.0 Å². The molecular weight excluding hydrogens is 554 g/mol. The number of hydrogen-bond donors (Lipinski definition) is 6. The van der Waals surface area contributed by atoms with Gasteiger partial charge in [-0.15, -0.1) is 0 Å². The summed E-state index contributed by atoms with van der Waals surface area (Å²) < 4.78 is 0. The van der Waals surface area contributed by atoms with E-state index in [1.165, 1.54) is 0 Å². The van der Waals surface area contributed by atoms with Crippen molar-refractivity contribution in [2.45, 2.75) is 63.7 Å². The molecule has 1 aromatic heterocycles. The Morgan fingerprint density at radius 3 is 2.10 bits per heavy atom. The Morgan fingerprint density at radius 2 is 1.45 bits per heavy atom. The molecule has 7 N–H and O–H groups in total. The summed E-state index contributed by atoms with van der Waals surface area (Å²) in [6.45, 7) is 3.74. The van der Waals surface area contributed by atoms with Crippen LogP contribution in [0.25, 0.3) is 10.9 Å². The van der Waals surface area contributed by atoms with Gasteiger partial charge in [0.2, 0.25) is 17.7 Å². The Bertz CT molecular complexity index is 1350. The number of benzene rings is 2. The van der Waals surface area contributed by atoms with E-state index in [2.05, 4.69) is 20.9 Å². The van der Waals surface area contributed by atoms with Gasteiger partial charge in [-0.25, -0.2) is 4.79 Å². The standard InChI is InChI=1S/C31H41N5O5S/c1-19(2)15-27(31(40)41)36-30(39)26(17-21-18-33-24-12-8-7-11-22(21)24)35-29(38)25(16-20-9-5-4-6-10-20)34-28(37)23(32)13-14-42-3/h4-12,18-19,23,25-27,33H,13-17,32H2,1-3H3,(H,34,37)(H,35,38)(H,36,39)(H,40,41). The van der Waals surface area contributed by atoms with Crippen molar-refractivity contribution in [1.82, 2.24) is 20.9 Å². The maximum absolute atomic E-state index is 13.7. The van der Waals surface area contributed by atoms with Crippen LogP contribution in [0.2, 0.25) is 0 Å². The van der Waals surface area contributed by atoms with E-state index in [1.807, 2.05) is 74.7 Å². The van der Waals surface area contributed by atoms with E-state index in [9.17, 15) is 24.3 Å². The zero-order chi connectivity index (χ0) is 30.6. The second-order valence-electron chi connectivity index (χ2n) is 10.8. The van der Waals surface area contributed by atoms with Gasteiger partial charge in [0.1, 0.15) is 18.1 Å². The molecule has 0 bridgehead atoms. The van der Waals surface area contributed by atoms with Crippen molar-refractivity contribution in [2.75, 3.05) is 12.0 Å². The third-order valence-electron chi connectivity index (χ3n) is 6.94. The minimum atomic E-state index is -1.15. The van der Waals surface area contributed by atoms with Gasteiger partial charge in [0, 0.05) is 29.9 Å². The lowest BCUT2D eigenvalue weighted by Gasteiger charge is -2.26. The Balaban J connectivity index is 1.88. The number of carboxylic acids is 1. The molecule has 11 heteroatoms. The van der Waals surface area contributed by atoms with Gasteiger partial charge in [0.05, 0.1) is 6.04 Å². The van der Waals surface area contributed by atoms with Crippen LogP contribution in [0.3, 0.4) is 0 Å². The van der Waals surface area contributed by atoms with Crippen molar-refractivity contribution < 1.29 is 24.3 Å². The van der Waals surface area contributed by atoms with Crippen LogP contribution in [0.1, 0.15) is 37.8 Å². The number of H-pyrrole nitrogens is 1. The summed E-state index contributed by atoms with van der Waals surface area (Å²) in [5, 5.41) is 18.8. The summed E-state index contributed by atoms with van der Waals surface area (Å²) in [7, 11) is 0. The molecule has 0 aliphatic heterocycles. The number of carbonyl (C=O) groups excluding carboxylic acids is 3. The highest BCUT2D eigenvalue weighted by molar-refractivity contribution is 7.98. The van der Waals surface area contributed by atoms with Crippen LogP contribution in [-0.4, -0.2) is 70.0 Å². The van der Waals surface area contributed by atoms with Crippen LogP contribution in [0, 0.1) is 5.92 Å². The fraction of sp³-hybridized carbons (Fsp3) is 0.419. The van der Waals surface area contributed by atoms with Gasteiger partial charge >= 0.3 is 5.97 Å². The predicted octanol–water partition coefficient (Wildman–Crippen LogP) is 2.62. The quantitative estimate of drug-likeness (QED) is 0.148. The van der Waals surface area contributed by atoms with Crippen molar-refractivity contribution in [3.63, 3.8) is 0 Å². The lowest BCUT2D eigenvalue weighted by atomic mass is 10.00. The summed E-state index contributed by atoms with van der Waals surface area (Å²) in [6, 6.07) is 12.8. The first-order valence-corrected chi connectivity index (χ1v) is 15.5. The maximum atomic E-state index is 13.7. The number of carboxylic acid groups (broad SMARTS) is 1. The highest BCUT2D eigenvalue weighted by Gasteiger charge is 2.31. The van der Waals surface area contributed by atoms with Gasteiger partial charge in [0.25, 0.3) is 0 Å². The minimum Gasteiger partial charge on any atom is -0.480 e. The van der Waals surface area contributed by atoms with Gasteiger partial charge < -0.3 is 31.8 Å². The molecule has 3 rings (SSSR count). The number of nitrogens with two attached hydrogens (primary N) is 1. The van der Waals surface area contributed by atoms with E-state index in [0.29, 0.717) is 12.2 Å². The number of aromatic amines is 1. The molecule has 0 spiro atoms. The van der Waals surface area contributed by atoms with Crippen molar-refractivity contribution >= 4 is 46.4 Å². The SMILES string of the molecule is CSCCC(N)C(=O)NC(Cc1ccccc1)C(=O)NC(Cc1c[nH]c2ccccc12)C(=O)NC(CC(C)C)C(=O)O. The average molecular weight is 596 g/mol. The third kappa shape index (κ3) is 9.63. The molecule has 0 radical (unpaired) electrons. The van der Waals surface area contributed by atoms with E-state index < -0.39 is 47.9 Å². The van der Waals surface area contributed by atoms with Crippen molar-refractivity contribution in [2.24, 2.45) is 11.7 Å². The molecular formula is C31H41N5O5S. The smallest absolute Gasteiger partial charge is 0.326 e. The fourth-order valence-electron chi connectivity index (χ4n) is 4.68. The molecule has 0 fully saturated rings. The van der Waals surface area contributed by atoms with Crippen LogP contribution in [0.4, 0.5) is 0 Å². The first-order chi connectivity index (χ1) is 20.1. The summed E-state index contributed by atoms with van der Waals surface area (Å²) in [5.41, 5.74) is 8.55. The molecule has 3 aromatic rings. The Morgan fingerprint density at radius 1 is 0.857 bits per heavy atom. The van der Waals surface area contributed by atoms with E-state index in [1.54, 1.807) is 18.0 Å². The molecule has 4 unspecified atom stereocenters. The largest absolute Gasteiger partial charge is 0.480 e. The van der Waals surface area contributed by atoms with Crippen LogP contribution < -0.4 is 21.7 Å². The molecule has 0 saturated heterocycles. The van der Waals surface area contributed by atoms with Gasteiger partial charge in [-0.05, 0) is 48.0 Å². The van der Waals surface area contributed by atoms with Gasteiger partial charge in [0.15, 0.2) is 0 Å². The van der Waals surface area contributed by atoms with Gasteiger partial charge in [-0.3, -0.25) is 14.4 Å². The van der Waals surface area contributed by atoms with Crippen molar-refractivity contribution in [1.29, 1.82) is 0 Å². The number of fused-ring (bicyclic) bond motifs is 1. The molecule has 0 aliphatic carbocycles. The average Bonchev–Trinajstić information content (AvgIpc) is 3.37. The second-order valence-corrected chi connectivity index (χ2v) is 11.8. The van der Waals surface area contributed by atoms with E-state index in [0.717, 1.165) is 22.0 Å². The molecule has 3 amide bonds. The number of thioether (sulfide) groups is 1. The van der Waals surface area contributed by atoms with Crippen LogP contribution in [0.5, 0.6) is 0 Å². The normalized spacial score (nSPS) is 14.1. The molecule has 0 aliphatic rings. The zero-order valence-corrected chi connectivity index (χ0v) is 25.1. The van der Waals surface area contributed by atoms with Crippen LogP contribution >= 0.6 is 11.8 Å². The topological polar surface area (TPSA) is 166 Å². The highest BCUT2D eigenvalue weighted by Crippen LogP contribution is 2.20. The molecule has 4 atom stereocenters. The Hall–Kier alpha value is -3.83. The van der Waals surface area contributed by atoms with Crippen molar-refractivity contribution in [3.8, 4) is 0 Å². The van der Waals surface area contributed by atoms with Gasteiger partial charge in [-0.1, -0.05) is 62.4 Å². The first kappa shape index (κ1) is 32.7.